The van der Waals surface area contributed by atoms with E-state index in [-0.39, 0.29) is 0 Å². The molecule has 12 aliphatic heterocycles. The number of thioether (sulfide) groups is 36. The first-order valence-corrected chi connectivity index (χ1v) is 73.6. The van der Waals surface area contributed by atoms with Gasteiger partial charge in [0, 0.05) is 49.1 Å². The van der Waals surface area contributed by atoms with Crippen LogP contribution in [0.1, 0.15) is 237 Å². The van der Waals surface area contributed by atoms with Crippen LogP contribution in [-0.4, -0.2) is 69.0 Å². The molecule has 0 saturated carbocycles. The molecule has 0 amide bonds. The molecule has 0 N–H and O–H groups in total. The largest absolute Gasteiger partial charge is 0.118 e. The lowest BCUT2D eigenvalue weighted by atomic mass is 10.4. The van der Waals surface area contributed by atoms with Gasteiger partial charge in [-0.25, -0.2) is 0 Å². The highest BCUT2D eigenvalue weighted by Gasteiger charge is 2.44. The number of unbranched alkanes of at least 4 members (excludes halogenated alkanes) is 12. The van der Waals surface area contributed by atoms with E-state index >= 15 is 0 Å². The second kappa shape index (κ2) is 59.5. The van der Waals surface area contributed by atoms with Gasteiger partial charge in [-0.1, -0.05) is 442 Å². The van der Waals surface area contributed by atoms with Crippen molar-refractivity contribution >= 4 is 423 Å². The van der Waals surface area contributed by atoms with Gasteiger partial charge in [0.25, 0.3) is 0 Å². The van der Waals surface area contributed by atoms with Gasteiger partial charge < -0.3 is 0 Å². The van der Waals surface area contributed by atoms with Crippen LogP contribution in [0, 0.1) is 0 Å². The average molecular weight is 2270 g/mol. The number of hydrogen-bond donors (Lipinski definition) is 0. The molecule has 0 unspecified atom stereocenters. The topological polar surface area (TPSA) is 0 Å². The summed E-state index contributed by atoms with van der Waals surface area (Å²) in [6.45, 7) is 28.3. The molecular formula is C84H110S36. The Labute approximate surface area is 877 Å². The second-order valence-electron chi connectivity index (χ2n) is 27.4. The molecule has 0 atom stereocenters. The molecule has 0 aromatic heterocycles. The van der Waals surface area contributed by atoms with Gasteiger partial charge in [-0.2, -0.15) is 0 Å². The Hall–Kier alpha value is 7.92. The van der Waals surface area contributed by atoms with E-state index in [2.05, 4.69) is 470 Å². The zero-order valence-electron chi connectivity index (χ0n) is 70.3. The van der Waals surface area contributed by atoms with Crippen molar-refractivity contribution in [3.8, 4) is 0 Å². The molecule has 0 aromatic carbocycles. The van der Waals surface area contributed by atoms with Crippen LogP contribution >= 0.6 is 423 Å². The van der Waals surface area contributed by atoms with Gasteiger partial charge in [-0.15, -0.1) is 141 Å². The highest BCUT2D eigenvalue weighted by Crippen LogP contribution is 2.77. The van der Waals surface area contributed by atoms with Crippen LogP contribution in [-0.2, 0) is 0 Å². The summed E-state index contributed by atoms with van der Waals surface area (Å²) in [5.41, 5.74) is 0. The summed E-state index contributed by atoms with van der Waals surface area (Å²) in [5.74, 6) is 14.1. The smallest absolute Gasteiger partial charge is 0.0712 e. The van der Waals surface area contributed by atoms with Crippen molar-refractivity contribution in [1.82, 2.24) is 0 Å². The predicted molar refractivity (Wildman–Crippen MR) is 639 cm³/mol. The monoisotopic (exact) mass is 2270 g/mol. The molecule has 0 spiro atoms. The van der Waals surface area contributed by atoms with Gasteiger partial charge in [-0.3, -0.25) is 0 Å². The van der Waals surface area contributed by atoms with E-state index in [4.69, 9.17) is 0 Å². The Morgan fingerprint density at radius 3 is 0.408 bits per heavy atom. The molecule has 0 bridgehead atoms. The zero-order valence-corrected chi connectivity index (χ0v) is 99.7. The minimum Gasteiger partial charge on any atom is -0.118 e. The minimum atomic E-state index is 1.16. The van der Waals surface area contributed by atoms with Gasteiger partial charge in [0.05, 0.1) is 102 Å². The van der Waals surface area contributed by atoms with Crippen molar-refractivity contribution in [3.05, 3.63) is 162 Å². The van der Waals surface area contributed by atoms with Crippen LogP contribution in [0.2, 0.25) is 0 Å². The SMILES string of the molecule is CCCCSC1=CS/C(=C2/SC(SCCCC)=C(C3=C(SCCCC)S/C(=C4/SC(SCCCC)=C(C5=C(SCCCC)S/C(=C6/SC(SCCCC)=C(C7=C(SCCCC)S/C(=C8/SC(SCCCC)=C(C9=C(SCCCC)S/C(=C%10/SC(SCCCC)=C(C%11=C(SCCCC)S/C(=C%12/SC=C(SCCCC)S%12)S%11)S%10)S9)S8)S7)S6)S5)S4)S3)S2)S1. The Morgan fingerprint density at radius 1 is 0.150 bits per heavy atom. The Morgan fingerprint density at radius 2 is 0.275 bits per heavy atom. The molecule has 12 rings (SSSR count). The molecule has 120 heavy (non-hydrogen) atoms. The van der Waals surface area contributed by atoms with E-state index in [0.29, 0.717) is 0 Å². The van der Waals surface area contributed by atoms with Crippen LogP contribution < -0.4 is 0 Å². The van der Waals surface area contributed by atoms with E-state index in [0.717, 1.165) is 34.5 Å². The Kier molecular flexibility index (Phi) is 52.9. The highest BCUT2D eigenvalue weighted by atomic mass is 32.3. The van der Waals surface area contributed by atoms with Crippen LogP contribution in [0.25, 0.3) is 0 Å². The number of hydrogen-bond acceptors (Lipinski definition) is 36. The summed E-state index contributed by atoms with van der Waals surface area (Å²) < 4.78 is 36.4. The Balaban J connectivity index is 0.827. The maximum atomic E-state index is 2.44. The normalized spacial score (nSPS) is 24.0. The van der Waals surface area contributed by atoms with Gasteiger partial charge in [0.1, 0.15) is 0 Å². The molecule has 12 heterocycles. The summed E-state index contributed by atoms with van der Waals surface area (Å²) >= 11 is 76.0. The van der Waals surface area contributed by atoms with Crippen molar-refractivity contribution in [2.45, 2.75) is 237 Å². The molecule has 0 aromatic rings. The van der Waals surface area contributed by atoms with E-state index in [1.807, 2.05) is 47.0 Å². The van der Waals surface area contributed by atoms with Gasteiger partial charge >= 0.3 is 0 Å². The van der Waals surface area contributed by atoms with E-state index in [1.54, 1.807) is 0 Å². The fourth-order valence-corrected chi connectivity index (χ4v) is 65.6. The lowest BCUT2D eigenvalue weighted by molar-refractivity contribution is 0.897. The molecule has 36 heteroatoms. The van der Waals surface area contributed by atoms with Gasteiger partial charge in [-0.05, 0) is 157 Å². The highest BCUT2D eigenvalue weighted by molar-refractivity contribution is 8.47. The fourth-order valence-electron chi connectivity index (χ4n) is 10.5. The van der Waals surface area contributed by atoms with E-state index in [9.17, 15) is 0 Å². The first-order chi connectivity index (χ1) is 59.0. The van der Waals surface area contributed by atoms with Gasteiger partial charge in [0.2, 0.25) is 0 Å². The summed E-state index contributed by atoms with van der Waals surface area (Å²) in [6, 6.07) is 0. The lowest BCUT2D eigenvalue weighted by Crippen LogP contribution is -1.84. The third-order valence-corrected chi connectivity index (χ3v) is 69.8. The predicted octanol–water partition coefficient (Wildman–Crippen LogP) is 45.2. The van der Waals surface area contributed by atoms with Crippen molar-refractivity contribution < 1.29 is 0 Å². The van der Waals surface area contributed by atoms with Crippen molar-refractivity contribution in [1.29, 1.82) is 0 Å². The Bertz CT molecular complexity index is 3950. The molecule has 0 fully saturated rings. The summed E-state index contributed by atoms with van der Waals surface area (Å²) in [7, 11) is 0. The number of rotatable bonds is 53. The maximum absolute atomic E-state index is 2.44. The van der Waals surface area contributed by atoms with E-state index < -0.39 is 0 Å². The fraction of sp³-hybridized carbons (Fsp3) is 0.571. The third-order valence-electron chi connectivity index (χ3n) is 17.4. The van der Waals surface area contributed by atoms with Crippen molar-refractivity contribution in [2.24, 2.45) is 0 Å². The molecule has 12 aliphatic rings. The summed E-state index contributed by atoms with van der Waals surface area (Å²) in [4.78, 5) is 15.3. The van der Waals surface area contributed by atoms with Crippen LogP contribution in [0.3, 0.4) is 0 Å². The van der Waals surface area contributed by atoms with Crippen LogP contribution in [0.5, 0.6) is 0 Å². The quantitative estimate of drug-likeness (QED) is 0.0530. The van der Waals surface area contributed by atoms with Gasteiger partial charge in [0.15, 0.2) is 0 Å². The van der Waals surface area contributed by atoms with Crippen LogP contribution in [0.15, 0.2) is 162 Å². The second-order valence-corrected chi connectivity index (χ2v) is 71.2. The summed E-state index contributed by atoms with van der Waals surface area (Å²) in [6.07, 6.45) is 29.7. The van der Waals surface area contributed by atoms with E-state index in [1.165, 1.54) is 339 Å². The molecule has 0 radical (unpaired) electrons. The minimum absolute atomic E-state index is 1.16. The standard InChI is InChI=1S/C84H110S36/c1-13-25-37-85-51-49-97-73(99-51)75-101-53(63(111-75)87-39-27-15-3)55-65(89-41-29-17-5)113-77(103-55)79-105-57(67(115-79)91-43-31-19-7)59-69(93-45-33-21-9)117-81(107-59)83-109-61(71(119-83)95-47-35-23-11)62-72(96-48-36-24-12)120-84(110-62)82-108-60(70(118-82)94-46-34-22-10)58-68(92-44-32-20-8)116-80(106-58)78-104-56(66(114-78)90-42-30-18-6)54-64(88-40-28-16-4)112-76(102-54)74-98-50-52(100-74)86-38-26-14-2/h49-50H,13-48H2,1-12H3/b75-73-,76-74-,79-77+,80-78+,83-81+,84-82+. The van der Waals surface area contributed by atoms with Crippen molar-refractivity contribution in [2.75, 3.05) is 69.0 Å². The molecule has 662 valence electrons. The summed E-state index contributed by atoms with van der Waals surface area (Å²) in [5, 5.41) is 4.87. The molecule has 0 saturated heterocycles. The first-order valence-electron chi connectivity index (χ1n) is 42.1. The average Bonchev–Trinajstić information content (AvgIpc) is 1.61. The molecule has 0 nitrogen and oxygen atoms in total. The molecular weight excluding hydrogens is 2160 g/mol. The lowest BCUT2D eigenvalue weighted by Gasteiger charge is -2.08. The van der Waals surface area contributed by atoms with Crippen LogP contribution in [0.4, 0.5) is 0 Å². The maximum Gasteiger partial charge on any atom is 0.0712 e. The van der Waals surface area contributed by atoms with Crippen molar-refractivity contribution in [3.63, 3.8) is 0 Å². The zero-order chi connectivity index (χ0) is 84.0. The first kappa shape index (κ1) is 107. The third kappa shape index (κ3) is 31.5. The molecule has 0 aliphatic carbocycles.